The molecule has 0 spiro atoms. The molecular formula is C15H18N2O4S. The van der Waals surface area contributed by atoms with Gasteiger partial charge in [0.2, 0.25) is 11.8 Å². The lowest BCUT2D eigenvalue weighted by molar-refractivity contribution is -0.143. The highest BCUT2D eigenvalue weighted by molar-refractivity contribution is 8.00. The molecule has 1 fully saturated rings. The summed E-state index contributed by atoms with van der Waals surface area (Å²) in [7, 11) is 0. The molecule has 1 aliphatic rings. The van der Waals surface area contributed by atoms with E-state index in [0.29, 0.717) is 17.2 Å². The van der Waals surface area contributed by atoms with Crippen molar-refractivity contribution in [3.8, 4) is 0 Å². The number of carbonyl (C=O) groups is 3. The van der Waals surface area contributed by atoms with Gasteiger partial charge >= 0.3 is 5.97 Å². The van der Waals surface area contributed by atoms with Crippen molar-refractivity contribution in [3.63, 3.8) is 0 Å². The summed E-state index contributed by atoms with van der Waals surface area (Å²) < 4.78 is 0. The maximum Gasteiger partial charge on any atom is 0.315 e. The molecule has 1 aromatic rings. The molecular weight excluding hydrogens is 304 g/mol. The third-order valence-corrected chi connectivity index (χ3v) is 4.63. The van der Waals surface area contributed by atoms with E-state index < -0.39 is 11.4 Å². The molecule has 0 aliphatic carbocycles. The Labute approximate surface area is 132 Å². The summed E-state index contributed by atoms with van der Waals surface area (Å²) in [6.07, 6.45) is 0. The van der Waals surface area contributed by atoms with E-state index in [1.807, 2.05) is 0 Å². The third-order valence-electron chi connectivity index (χ3n) is 3.68. The Hall–Kier alpha value is -2.02. The van der Waals surface area contributed by atoms with Crippen LogP contribution in [-0.4, -0.2) is 52.5 Å². The lowest BCUT2D eigenvalue weighted by atomic mass is 9.82. The lowest BCUT2D eigenvalue weighted by Crippen LogP contribution is -2.47. The van der Waals surface area contributed by atoms with Crippen LogP contribution in [0.2, 0.25) is 0 Å². The Morgan fingerprint density at radius 1 is 1.36 bits per heavy atom. The highest BCUT2D eigenvalue weighted by Gasteiger charge is 2.35. The fraction of sp³-hybridized carbons (Fsp3) is 0.400. The monoisotopic (exact) mass is 322 g/mol. The van der Waals surface area contributed by atoms with Crippen LogP contribution >= 0.6 is 11.8 Å². The first-order chi connectivity index (χ1) is 10.4. The maximum atomic E-state index is 11.9. The van der Waals surface area contributed by atoms with Gasteiger partial charge in [-0.2, -0.15) is 0 Å². The molecule has 1 unspecified atom stereocenters. The average molecular weight is 322 g/mol. The summed E-state index contributed by atoms with van der Waals surface area (Å²) >= 11 is 1.46. The highest BCUT2D eigenvalue weighted by atomic mass is 32.2. The zero-order valence-corrected chi connectivity index (χ0v) is 13.1. The molecule has 118 valence electrons. The van der Waals surface area contributed by atoms with E-state index in [0.717, 1.165) is 0 Å². The normalized spacial score (nSPS) is 17.1. The molecule has 0 radical (unpaired) electrons. The van der Waals surface area contributed by atoms with Crippen LogP contribution in [0.15, 0.2) is 30.3 Å². The number of carboxylic acid groups (broad SMARTS) is 1. The number of hydrogen-bond acceptors (Lipinski definition) is 4. The summed E-state index contributed by atoms with van der Waals surface area (Å²) in [5.74, 6) is -0.527. The van der Waals surface area contributed by atoms with Crippen LogP contribution < -0.4 is 5.32 Å². The fourth-order valence-corrected chi connectivity index (χ4v) is 3.06. The zero-order valence-electron chi connectivity index (χ0n) is 12.2. The van der Waals surface area contributed by atoms with E-state index in [-0.39, 0.29) is 24.9 Å². The molecule has 6 nitrogen and oxygen atoms in total. The van der Waals surface area contributed by atoms with Crippen molar-refractivity contribution >= 4 is 29.5 Å². The van der Waals surface area contributed by atoms with Crippen molar-refractivity contribution in [2.24, 2.45) is 0 Å². The first-order valence-corrected chi connectivity index (χ1v) is 8.00. The van der Waals surface area contributed by atoms with Gasteiger partial charge in [0.1, 0.15) is 12.0 Å². The van der Waals surface area contributed by atoms with Gasteiger partial charge in [-0.25, -0.2) is 0 Å². The Kier molecular flexibility index (Phi) is 5.07. The second-order valence-electron chi connectivity index (χ2n) is 5.35. The van der Waals surface area contributed by atoms with Gasteiger partial charge in [0.25, 0.3) is 0 Å². The van der Waals surface area contributed by atoms with Crippen molar-refractivity contribution in [2.75, 3.05) is 24.7 Å². The molecule has 2 N–H and O–H groups in total. The Morgan fingerprint density at radius 3 is 2.59 bits per heavy atom. The number of nitrogens with one attached hydrogen (secondary N) is 1. The number of carboxylic acids is 1. The zero-order chi connectivity index (χ0) is 16.2. The smallest absolute Gasteiger partial charge is 0.315 e. The molecule has 1 aliphatic heterocycles. The minimum Gasteiger partial charge on any atom is -0.481 e. The summed E-state index contributed by atoms with van der Waals surface area (Å²) in [5.41, 5.74) is -0.587. The van der Waals surface area contributed by atoms with Crippen LogP contribution in [0, 0.1) is 0 Å². The summed E-state index contributed by atoms with van der Waals surface area (Å²) in [5, 5.41) is 12.1. The largest absolute Gasteiger partial charge is 0.481 e. The average Bonchev–Trinajstić information content (AvgIpc) is 2.90. The van der Waals surface area contributed by atoms with Gasteiger partial charge < -0.3 is 15.3 Å². The van der Waals surface area contributed by atoms with Gasteiger partial charge in [-0.05, 0) is 12.5 Å². The lowest BCUT2D eigenvalue weighted by Gasteiger charge is -2.26. The Morgan fingerprint density at radius 2 is 2.05 bits per heavy atom. The maximum absolute atomic E-state index is 11.9. The second kappa shape index (κ2) is 6.83. The van der Waals surface area contributed by atoms with E-state index in [9.17, 15) is 19.5 Å². The van der Waals surface area contributed by atoms with Crippen molar-refractivity contribution in [3.05, 3.63) is 35.9 Å². The van der Waals surface area contributed by atoms with Gasteiger partial charge in [0.05, 0.1) is 11.6 Å². The topological polar surface area (TPSA) is 86.7 Å². The van der Waals surface area contributed by atoms with Crippen LogP contribution in [0.5, 0.6) is 0 Å². The standard InChI is InChI=1S/C15H18N2O4S/c1-15(14(20)21,11-5-3-2-4-6-11)9-16-12(18)7-17-10-22-8-13(17)19/h2-6H,7-10H2,1H3,(H,16,18)(H,20,21). The number of nitrogens with zero attached hydrogens (tertiary/aromatic N) is 1. The molecule has 0 bridgehead atoms. The van der Waals surface area contributed by atoms with Gasteiger partial charge in [0.15, 0.2) is 0 Å². The highest BCUT2D eigenvalue weighted by Crippen LogP contribution is 2.23. The van der Waals surface area contributed by atoms with Crippen LogP contribution in [0.4, 0.5) is 0 Å². The van der Waals surface area contributed by atoms with Gasteiger partial charge in [-0.3, -0.25) is 14.4 Å². The number of hydrogen-bond donors (Lipinski definition) is 2. The SMILES string of the molecule is CC(CNC(=O)CN1CSCC1=O)(C(=O)O)c1ccccc1. The molecule has 1 heterocycles. The van der Waals surface area contributed by atoms with Crippen LogP contribution in [0.1, 0.15) is 12.5 Å². The molecule has 1 aromatic carbocycles. The quantitative estimate of drug-likeness (QED) is 0.804. The third kappa shape index (κ3) is 3.59. The minimum atomic E-state index is -1.21. The molecule has 2 rings (SSSR count). The van der Waals surface area contributed by atoms with E-state index in [2.05, 4.69) is 5.32 Å². The van der Waals surface area contributed by atoms with Crippen molar-refractivity contribution in [2.45, 2.75) is 12.3 Å². The molecule has 0 saturated carbocycles. The molecule has 1 saturated heterocycles. The van der Waals surface area contributed by atoms with Gasteiger partial charge in [-0.15, -0.1) is 11.8 Å². The molecule has 0 aromatic heterocycles. The van der Waals surface area contributed by atoms with Crippen molar-refractivity contribution in [1.29, 1.82) is 0 Å². The molecule has 7 heteroatoms. The van der Waals surface area contributed by atoms with Crippen molar-refractivity contribution < 1.29 is 19.5 Å². The number of benzene rings is 1. The number of amides is 2. The van der Waals surface area contributed by atoms with Crippen LogP contribution in [0.25, 0.3) is 0 Å². The van der Waals surface area contributed by atoms with Gasteiger partial charge in [0, 0.05) is 6.54 Å². The Balaban J connectivity index is 1.99. The van der Waals surface area contributed by atoms with Crippen molar-refractivity contribution in [1.82, 2.24) is 10.2 Å². The Bertz CT molecular complexity index is 578. The predicted octanol–water partition coefficient (Wildman–Crippen LogP) is 0.678. The molecule has 2 amide bonds. The van der Waals surface area contributed by atoms with Gasteiger partial charge in [-0.1, -0.05) is 30.3 Å². The molecule has 1 atom stereocenters. The fourth-order valence-electron chi connectivity index (χ4n) is 2.15. The summed E-state index contributed by atoms with van der Waals surface area (Å²) in [6.45, 7) is 1.51. The number of aliphatic carboxylic acids is 1. The molecule has 22 heavy (non-hydrogen) atoms. The van der Waals surface area contributed by atoms with E-state index in [4.69, 9.17) is 0 Å². The van der Waals surface area contributed by atoms with Crippen LogP contribution in [0.3, 0.4) is 0 Å². The summed E-state index contributed by atoms with van der Waals surface area (Å²) in [4.78, 5) is 36.5. The minimum absolute atomic E-state index is 0.0274. The van der Waals surface area contributed by atoms with E-state index >= 15 is 0 Å². The second-order valence-corrected chi connectivity index (χ2v) is 6.30. The number of rotatable bonds is 6. The summed E-state index contributed by atoms with van der Waals surface area (Å²) in [6, 6.07) is 8.78. The van der Waals surface area contributed by atoms with E-state index in [1.54, 1.807) is 37.3 Å². The number of thioether (sulfide) groups is 1. The number of carbonyl (C=O) groups excluding carboxylic acids is 2. The first kappa shape index (κ1) is 16.4. The first-order valence-electron chi connectivity index (χ1n) is 6.84. The van der Waals surface area contributed by atoms with E-state index in [1.165, 1.54) is 16.7 Å². The predicted molar refractivity (Wildman–Crippen MR) is 83.5 cm³/mol. The van der Waals surface area contributed by atoms with Crippen LogP contribution in [-0.2, 0) is 19.8 Å².